The van der Waals surface area contributed by atoms with Gasteiger partial charge < -0.3 is 14.6 Å². The maximum Gasteiger partial charge on any atom is 0.259 e. The summed E-state index contributed by atoms with van der Waals surface area (Å²) in [7, 11) is 1.42. The molecule has 1 aromatic heterocycles. The van der Waals surface area contributed by atoms with Gasteiger partial charge in [0, 0.05) is 12.1 Å². The zero-order valence-corrected chi connectivity index (χ0v) is 8.94. The van der Waals surface area contributed by atoms with E-state index in [-0.39, 0.29) is 11.4 Å². The van der Waals surface area contributed by atoms with Crippen molar-refractivity contribution in [2.24, 2.45) is 0 Å². The molecule has 0 radical (unpaired) electrons. The number of benzene rings is 1. The first-order valence-electron chi connectivity index (χ1n) is 4.76. The summed E-state index contributed by atoms with van der Waals surface area (Å²) in [6, 6.07) is 5.43. The summed E-state index contributed by atoms with van der Waals surface area (Å²) in [4.78, 5) is 11.7. The van der Waals surface area contributed by atoms with Crippen molar-refractivity contribution >= 4 is 11.7 Å². The Hall–Kier alpha value is -2.37. The van der Waals surface area contributed by atoms with Crippen LogP contribution in [0.2, 0.25) is 0 Å². The molecule has 0 saturated carbocycles. The third-order valence-electron chi connectivity index (χ3n) is 2.10. The molecule has 88 valence electrons. The monoisotopic (exact) mass is 236 g/mol. The standard InChI is InChI=1S/C11H9FN2O3/c1-16-7-2-3-8(9(12)6-7)11(15)13-10-4-5-17-14-10/h2-6H,1H3,(H,13,14,15). The molecule has 1 amide bonds. The van der Waals surface area contributed by atoms with E-state index >= 15 is 0 Å². The lowest BCUT2D eigenvalue weighted by Gasteiger charge is -2.04. The van der Waals surface area contributed by atoms with Crippen molar-refractivity contribution in [2.45, 2.75) is 0 Å². The molecule has 17 heavy (non-hydrogen) atoms. The van der Waals surface area contributed by atoms with E-state index in [9.17, 15) is 9.18 Å². The van der Waals surface area contributed by atoms with Crippen LogP contribution in [-0.2, 0) is 0 Å². The van der Waals surface area contributed by atoms with E-state index in [1.54, 1.807) is 0 Å². The molecule has 6 heteroatoms. The van der Waals surface area contributed by atoms with Crippen molar-refractivity contribution in [1.29, 1.82) is 0 Å². The molecular weight excluding hydrogens is 227 g/mol. The van der Waals surface area contributed by atoms with Gasteiger partial charge in [0.2, 0.25) is 0 Å². The number of hydrogen-bond acceptors (Lipinski definition) is 4. The first kappa shape index (κ1) is 11.1. The Balaban J connectivity index is 2.19. The molecule has 1 N–H and O–H groups in total. The molecule has 1 aromatic carbocycles. The average molecular weight is 236 g/mol. The first-order chi connectivity index (χ1) is 8.20. The Bertz CT molecular complexity index is 526. The zero-order chi connectivity index (χ0) is 12.3. The highest BCUT2D eigenvalue weighted by atomic mass is 19.1. The molecule has 1 heterocycles. The van der Waals surface area contributed by atoms with Crippen LogP contribution in [0.4, 0.5) is 10.2 Å². The molecule has 0 fully saturated rings. The number of methoxy groups -OCH3 is 1. The van der Waals surface area contributed by atoms with Crippen LogP contribution in [0.3, 0.4) is 0 Å². The molecule has 0 atom stereocenters. The van der Waals surface area contributed by atoms with Gasteiger partial charge in [0.05, 0.1) is 12.7 Å². The van der Waals surface area contributed by atoms with E-state index in [0.717, 1.165) is 6.07 Å². The average Bonchev–Trinajstić information content (AvgIpc) is 2.81. The van der Waals surface area contributed by atoms with Crippen molar-refractivity contribution in [3.8, 4) is 5.75 Å². The lowest BCUT2D eigenvalue weighted by Crippen LogP contribution is -2.13. The summed E-state index contributed by atoms with van der Waals surface area (Å²) >= 11 is 0. The fourth-order valence-electron chi connectivity index (χ4n) is 1.27. The SMILES string of the molecule is COc1ccc(C(=O)Nc2ccon2)c(F)c1. The van der Waals surface area contributed by atoms with Gasteiger partial charge in [-0.15, -0.1) is 0 Å². The van der Waals surface area contributed by atoms with Crippen LogP contribution in [0.5, 0.6) is 5.75 Å². The normalized spacial score (nSPS) is 10.0. The number of aromatic nitrogens is 1. The highest BCUT2D eigenvalue weighted by molar-refractivity contribution is 6.03. The molecular formula is C11H9FN2O3. The van der Waals surface area contributed by atoms with E-state index in [0.29, 0.717) is 5.75 Å². The smallest absolute Gasteiger partial charge is 0.259 e. The number of carbonyl (C=O) groups excluding carboxylic acids is 1. The number of nitrogens with one attached hydrogen (secondary N) is 1. The number of ether oxygens (including phenoxy) is 1. The predicted molar refractivity (Wildman–Crippen MR) is 57.4 cm³/mol. The summed E-state index contributed by atoms with van der Waals surface area (Å²) in [6.45, 7) is 0. The van der Waals surface area contributed by atoms with Crippen LogP contribution in [0.1, 0.15) is 10.4 Å². The van der Waals surface area contributed by atoms with Crippen LogP contribution in [-0.4, -0.2) is 18.2 Å². The molecule has 0 unspecified atom stereocenters. The van der Waals surface area contributed by atoms with Gasteiger partial charge >= 0.3 is 0 Å². The highest BCUT2D eigenvalue weighted by Crippen LogP contribution is 2.17. The second-order valence-electron chi connectivity index (χ2n) is 3.18. The molecule has 0 aliphatic rings. The van der Waals surface area contributed by atoms with Gasteiger partial charge in [0.15, 0.2) is 5.82 Å². The third kappa shape index (κ3) is 2.41. The molecule has 0 aliphatic carbocycles. The summed E-state index contributed by atoms with van der Waals surface area (Å²) in [6.07, 6.45) is 1.31. The predicted octanol–water partition coefficient (Wildman–Crippen LogP) is 2.07. The van der Waals surface area contributed by atoms with E-state index in [4.69, 9.17) is 4.74 Å². The van der Waals surface area contributed by atoms with Gasteiger partial charge in [-0.3, -0.25) is 4.79 Å². The Morgan fingerprint density at radius 3 is 2.88 bits per heavy atom. The van der Waals surface area contributed by atoms with Crippen molar-refractivity contribution in [3.05, 3.63) is 41.9 Å². The van der Waals surface area contributed by atoms with E-state index < -0.39 is 11.7 Å². The molecule has 0 bridgehead atoms. The zero-order valence-electron chi connectivity index (χ0n) is 8.94. The minimum absolute atomic E-state index is 0.0891. The number of nitrogens with zero attached hydrogens (tertiary/aromatic N) is 1. The van der Waals surface area contributed by atoms with E-state index in [2.05, 4.69) is 15.0 Å². The van der Waals surface area contributed by atoms with Crippen molar-refractivity contribution in [1.82, 2.24) is 5.16 Å². The number of rotatable bonds is 3. The number of amides is 1. The van der Waals surface area contributed by atoms with Gasteiger partial charge in [0.1, 0.15) is 17.8 Å². The Kier molecular flexibility index (Phi) is 3.04. The number of carbonyl (C=O) groups is 1. The fourth-order valence-corrected chi connectivity index (χ4v) is 1.27. The van der Waals surface area contributed by atoms with Gasteiger partial charge in [0.25, 0.3) is 5.91 Å². The maximum absolute atomic E-state index is 13.5. The van der Waals surface area contributed by atoms with Gasteiger partial charge in [-0.2, -0.15) is 0 Å². The van der Waals surface area contributed by atoms with Crippen LogP contribution in [0.15, 0.2) is 35.1 Å². The second kappa shape index (κ2) is 4.65. The fraction of sp³-hybridized carbons (Fsp3) is 0.0909. The molecule has 5 nitrogen and oxygen atoms in total. The molecule has 2 rings (SSSR count). The van der Waals surface area contributed by atoms with Crippen LogP contribution in [0, 0.1) is 5.82 Å². The van der Waals surface area contributed by atoms with Gasteiger partial charge in [-0.1, -0.05) is 5.16 Å². The van der Waals surface area contributed by atoms with Crippen LogP contribution < -0.4 is 10.1 Å². The summed E-state index contributed by atoms with van der Waals surface area (Å²) in [5.41, 5.74) is -0.0891. The lowest BCUT2D eigenvalue weighted by molar-refractivity contribution is 0.102. The topological polar surface area (TPSA) is 64.4 Å². The molecule has 0 saturated heterocycles. The minimum Gasteiger partial charge on any atom is -0.497 e. The van der Waals surface area contributed by atoms with E-state index in [1.165, 1.54) is 31.6 Å². The maximum atomic E-state index is 13.5. The molecule has 0 spiro atoms. The highest BCUT2D eigenvalue weighted by Gasteiger charge is 2.13. The number of halogens is 1. The summed E-state index contributed by atoms with van der Waals surface area (Å²) < 4.78 is 22.9. The van der Waals surface area contributed by atoms with Crippen LogP contribution in [0.25, 0.3) is 0 Å². The van der Waals surface area contributed by atoms with Crippen molar-refractivity contribution < 1.29 is 18.4 Å². The lowest BCUT2D eigenvalue weighted by atomic mass is 10.2. The molecule has 2 aromatic rings. The first-order valence-corrected chi connectivity index (χ1v) is 4.76. The molecule has 0 aliphatic heterocycles. The Morgan fingerprint density at radius 1 is 1.47 bits per heavy atom. The Labute approximate surface area is 96.2 Å². The van der Waals surface area contributed by atoms with Gasteiger partial charge in [-0.05, 0) is 12.1 Å². The third-order valence-corrected chi connectivity index (χ3v) is 2.10. The number of hydrogen-bond donors (Lipinski definition) is 1. The second-order valence-corrected chi connectivity index (χ2v) is 3.18. The summed E-state index contributed by atoms with van der Waals surface area (Å²) in [5.74, 6) is -0.685. The van der Waals surface area contributed by atoms with Crippen LogP contribution >= 0.6 is 0 Å². The largest absolute Gasteiger partial charge is 0.497 e. The van der Waals surface area contributed by atoms with E-state index in [1.807, 2.05) is 0 Å². The van der Waals surface area contributed by atoms with Gasteiger partial charge in [-0.25, -0.2) is 4.39 Å². The quantitative estimate of drug-likeness (QED) is 0.886. The van der Waals surface area contributed by atoms with Crippen molar-refractivity contribution in [2.75, 3.05) is 12.4 Å². The minimum atomic E-state index is -0.662. The number of anilines is 1. The Morgan fingerprint density at radius 2 is 2.29 bits per heavy atom. The van der Waals surface area contributed by atoms with Crippen molar-refractivity contribution in [3.63, 3.8) is 0 Å². The summed E-state index contributed by atoms with van der Waals surface area (Å²) in [5, 5.41) is 5.88.